The molecule has 2 amide bonds. The van der Waals surface area contributed by atoms with Gasteiger partial charge in [-0.2, -0.15) is 0 Å². The Morgan fingerprint density at radius 1 is 0.783 bits per heavy atom. The number of nitrogens with zero attached hydrogens (tertiary/aromatic N) is 3. The minimum atomic E-state index is 0.257. The second-order valence-corrected chi connectivity index (χ2v) is 6.90. The number of piperazine rings is 1. The number of carbonyl (C=O) groups excluding carboxylic acids is 1. The van der Waals surface area contributed by atoms with Crippen LogP contribution in [-0.2, 0) is 0 Å². The SMILES string of the molecule is Cc1cccc(C)c1N1CCN(C(=O)N2CCCCCC2)CC1. The molecule has 0 bridgehead atoms. The maximum Gasteiger partial charge on any atom is 0.320 e. The lowest BCUT2D eigenvalue weighted by atomic mass is 10.1. The zero-order chi connectivity index (χ0) is 16.2. The standard InChI is InChI=1S/C19H29N3O/c1-16-8-7-9-17(2)18(16)20-12-14-22(15-13-20)19(23)21-10-5-3-4-6-11-21/h7-9H,3-6,10-15H2,1-2H3. The molecule has 23 heavy (non-hydrogen) atoms. The van der Waals surface area contributed by atoms with Crippen LogP contribution in [0.1, 0.15) is 36.8 Å². The number of urea groups is 1. The highest BCUT2D eigenvalue weighted by Crippen LogP contribution is 2.25. The quantitative estimate of drug-likeness (QED) is 0.794. The molecule has 0 saturated carbocycles. The number of anilines is 1. The van der Waals surface area contributed by atoms with E-state index in [0.29, 0.717) is 0 Å². The first-order valence-corrected chi connectivity index (χ1v) is 9.02. The van der Waals surface area contributed by atoms with E-state index in [4.69, 9.17) is 0 Å². The van der Waals surface area contributed by atoms with E-state index in [0.717, 1.165) is 52.1 Å². The first-order valence-electron chi connectivity index (χ1n) is 9.02. The van der Waals surface area contributed by atoms with Crippen molar-refractivity contribution in [2.24, 2.45) is 0 Å². The second-order valence-electron chi connectivity index (χ2n) is 6.90. The summed E-state index contributed by atoms with van der Waals surface area (Å²) in [6, 6.07) is 6.73. The van der Waals surface area contributed by atoms with E-state index in [1.807, 2.05) is 0 Å². The molecular formula is C19H29N3O. The number of amides is 2. The number of rotatable bonds is 1. The zero-order valence-electron chi connectivity index (χ0n) is 14.6. The van der Waals surface area contributed by atoms with Crippen molar-refractivity contribution in [3.05, 3.63) is 29.3 Å². The molecule has 0 spiro atoms. The fourth-order valence-corrected chi connectivity index (χ4v) is 3.89. The van der Waals surface area contributed by atoms with E-state index in [1.165, 1.54) is 29.7 Å². The van der Waals surface area contributed by atoms with Gasteiger partial charge in [-0.3, -0.25) is 0 Å². The van der Waals surface area contributed by atoms with Crippen LogP contribution in [0.5, 0.6) is 0 Å². The number of hydrogen-bond acceptors (Lipinski definition) is 2. The van der Waals surface area contributed by atoms with Crippen LogP contribution in [0.3, 0.4) is 0 Å². The fraction of sp³-hybridized carbons (Fsp3) is 0.632. The van der Waals surface area contributed by atoms with Crippen LogP contribution >= 0.6 is 0 Å². The van der Waals surface area contributed by atoms with Gasteiger partial charge in [-0.05, 0) is 37.8 Å². The molecule has 2 saturated heterocycles. The summed E-state index contributed by atoms with van der Waals surface area (Å²) in [6.45, 7) is 9.78. The summed E-state index contributed by atoms with van der Waals surface area (Å²) in [7, 11) is 0. The van der Waals surface area contributed by atoms with Crippen LogP contribution in [-0.4, -0.2) is 55.1 Å². The van der Waals surface area contributed by atoms with Crippen LogP contribution < -0.4 is 4.90 Å². The fourth-order valence-electron chi connectivity index (χ4n) is 3.89. The molecule has 3 rings (SSSR count). The maximum absolute atomic E-state index is 12.7. The van der Waals surface area contributed by atoms with Crippen molar-refractivity contribution in [3.8, 4) is 0 Å². The van der Waals surface area contributed by atoms with Crippen LogP contribution in [0.4, 0.5) is 10.5 Å². The smallest absolute Gasteiger partial charge is 0.320 e. The Labute approximate surface area is 140 Å². The molecule has 2 fully saturated rings. The predicted octanol–water partition coefficient (Wildman–Crippen LogP) is 3.42. The number of benzene rings is 1. The minimum absolute atomic E-state index is 0.257. The second kappa shape index (κ2) is 7.24. The highest BCUT2D eigenvalue weighted by atomic mass is 16.2. The largest absolute Gasteiger partial charge is 0.368 e. The topological polar surface area (TPSA) is 26.8 Å². The van der Waals surface area contributed by atoms with E-state index in [9.17, 15) is 4.79 Å². The Kier molecular flexibility index (Phi) is 5.09. The molecule has 0 aromatic heterocycles. The molecule has 0 unspecified atom stereocenters. The Morgan fingerprint density at radius 3 is 1.87 bits per heavy atom. The Bertz CT molecular complexity index is 521. The lowest BCUT2D eigenvalue weighted by Gasteiger charge is -2.39. The molecule has 0 aliphatic carbocycles. The highest BCUT2D eigenvalue weighted by Gasteiger charge is 2.26. The van der Waals surface area contributed by atoms with E-state index < -0.39 is 0 Å². The molecule has 2 aliphatic heterocycles. The van der Waals surface area contributed by atoms with Gasteiger partial charge < -0.3 is 14.7 Å². The molecule has 0 atom stereocenters. The summed E-state index contributed by atoms with van der Waals surface area (Å²) >= 11 is 0. The van der Waals surface area contributed by atoms with Crippen molar-refractivity contribution in [3.63, 3.8) is 0 Å². The Morgan fingerprint density at radius 2 is 1.30 bits per heavy atom. The van der Waals surface area contributed by atoms with Crippen LogP contribution in [0, 0.1) is 13.8 Å². The van der Waals surface area contributed by atoms with Gasteiger partial charge in [0.05, 0.1) is 0 Å². The van der Waals surface area contributed by atoms with Crippen molar-refractivity contribution < 1.29 is 4.79 Å². The lowest BCUT2D eigenvalue weighted by molar-refractivity contribution is 0.151. The summed E-state index contributed by atoms with van der Waals surface area (Å²) < 4.78 is 0. The molecule has 126 valence electrons. The molecule has 4 heteroatoms. The number of aryl methyl sites for hydroxylation is 2. The Hall–Kier alpha value is -1.71. The van der Waals surface area contributed by atoms with Crippen molar-refractivity contribution in [1.29, 1.82) is 0 Å². The molecule has 1 aromatic carbocycles. The summed E-state index contributed by atoms with van der Waals surface area (Å²) in [5.41, 5.74) is 4.02. The summed E-state index contributed by atoms with van der Waals surface area (Å²) in [5, 5.41) is 0. The third-order valence-electron chi connectivity index (χ3n) is 5.18. The monoisotopic (exact) mass is 315 g/mol. The molecule has 0 radical (unpaired) electrons. The van der Waals surface area contributed by atoms with Gasteiger partial charge in [0.15, 0.2) is 0 Å². The van der Waals surface area contributed by atoms with E-state index in [-0.39, 0.29) is 6.03 Å². The lowest BCUT2D eigenvalue weighted by Crippen LogP contribution is -2.53. The molecule has 2 heterocycles. The number of carbonyl (C=O) groups is 1. The minimum Gasteiger partial charge on any atom is -0.368 e. The van der Waals surface area contributed by atoms with E-state index in [2.05, 4.69) is 46.7 Å². The molecular weight excluding hydrogens is 286 g/mol. The van der Waals surface area contributed by atoms with Crippen molar-refractivity contribution in [2.75, 3.05) is 44.2 Å². The zero-order valence-corrected chi connectivity index (χ0v) is 14.6. The maximum atomic E-state index is 12.7. The average molecular weight is 315 g/mol. The summed E-state index contributed by atoms with van der Waals surface area (Å²) in [5.74, 6) is 0. The third kappa shape index (κ3) is 3.62. The molecule has 2 aliphatic rings. The van der Waals surface area contributed by atoms with Gasteiger partial charge in [-0.1, -0.05) is 31.0 Å². The van der Waals surface area contributed by atoms with Crippen LogP contribution in [0.2, 0.25) is 0 Å². The first kappa shape index (κ1) is 16.2. The first-order chi connectivity index (χ1) is 11.2. The van der Waals surface area contributed by atoms with Gasteiger partial charge >= 0.3 is 6.03 Å². The molecule has 0 N–H and O–H groups in total. The van der Waals surface area contributed by atoms with E-state index in [1.54, 1.807) is 0 Å². The van der Waals surface area contributed by atoms with E-state index >= 15 is 0 Å². The number of likely N-dealkylation sites (tertiary alicyclic amines) is 1. The Balaban J connectivity index is 1.61. The normalized spacial score (nSPS) is 19.7. The van der Waals surface area contributed by atoms with Gasteiger partial charge in [-0.15, -0.1) is 0 Å². The average Bonchev–Trinajstić information content (AvgIpc) is 2.84. The number of hydrogen-bond donors (Lipinski definition) is 0. The third-order valence-corrected chi connectivity index (χ3v) is 5.18. The highest BCUT2D eigenvalue weighted by molar-refractivity contribution is 5.75. The number of para-hydroxylation sites is 1. The van der Waals surface area contributed by atoms with Crippen LogP contribution in [0.25, 0.3) is 0 Å². The predicted molar refractivity (Wildman–Crippen MR) is 95.1 cm³/mol. The van der Waals surface area contributed by atoms with Crippen LogP contribution in [0.15, 0.2) is 18.2 Å². The summed E-state index contributed by atoms with van der Waals surface area (Å²) in [6.07, 6.45) is 4.86. The van der Waals surface area contributed by atoms with Gasteiger partial charge in [0.1, 0.15) is 0 Å². The van der Waals surface area contributed by atoms with Gasteiger partial charge in [0, 0.05) is 45.0 Å². The van der Waals surface area contributed by atoms with Gasteiger partial charge in [0.2, 0.25) is 0 Å². The van der Waals surface area contributed by atoms with Crippen molar-refractivity contribution in [1.82, 2.24) is 9.80 Å². The summed E-state index contributed by atoms with van der Waals surface area (Å²) in [4.78, 5) is 19.3. The molecule has 4 nitrogen and oxygen atoms in total. The van der Waals surface area contributed by atoms with Gasteiger partial charge in [-0.25, -0.2) is 4.79 Å². The van der Waals surface area contributed by atoms with Gasteiger partial charge in [0.25, 0.3) is 0 Å². The van der Waals surface area contributed by atoms with Crippen molar-refractivity contribution >= 4 is 11.7 Å². The van der Waals surface area contributed by atoms with Crippen molar-refractivity contribution in [2.45, 2.75) is 39.5 Å². The molecule has 1 aromatic rings.